The van der Waals surface area contributed by atoms with E-state index >= 15 is 0 Å². The average Bonchev–Trinajstić information content (AvgIpc) is 2.62. The van der Waals surface area contributed by atoms with Crippen LogP contribution in [-0.2, 0) is 9.59 Å². The van der Waals surface area contributed by atoms with Crippen molar-refractivity contribution in [2.45, 2.75) is 32.2 Å². The van der Waals surface area contributed by atoms with Crippen LogP contribution in [0.25, 0.3) is 0 Å². The highest BCUT2D eigenvalue weighted by Gasteiger charge is 2.30. The van der Waals surface area contributed by atoms with E-state index in [1.807, 2.05) is 0 Å². The normalized spacial score (nSPS) is 22.0. The maximum Gasteiger partial charge on any atom is 0.290 e. The van der Waals surface area contributed by atoms with Crippen molar-refractivity contribution >= 4 is 11.7 Å². The van der Waals surface area contributed by atoms with Gasteiger partial charge in [0, 0.05) is 25.6 Å². The Kier molecular flexibility index (Phi) is 3.42. The molecule has 1 unspecified atom stereocenters. The molecule has 1 heterocycles. The van der Waals surface area contributed by atoms with Gasteiger partial charge in [0.05, 0.1) is 0 Å². The number of hydrogen-bond acceptors (Lipinski definition) is 3. The maximum absolute atomic E-state index is 11.5. The first kappa shape index (κ1) is 10.2. The summed E-state index contributed by atoms with van der Waals surface area (Å²) >= 11 is 0. The number of nitrogens with zero attached hydrogens (tertiary/aromatic N) is 1. The molecular formula is C9H16N2O2. The molecule has 4 heteroatoms. The Morgan fingerprint density at radius 3 is 2.77 bits per heavy atom. The number of amides is 1. The highest BCUT2D eigenvalue weighted by atomic mass is 16.2. The van der Waals surface area contributed by atoms with Crippen molar-refractivity contribution in [1.29, 1.82) is 0 Å². The van der Waals surface area contributed by atoms with E-state index in [4.69, 9.17) is 5.73 Å². The number of rotatable bonds is 3. The molecule has 1 atom stereocenters. The Morgan fingerprint density at radius 1 is 1.54 bits per heavy atom. The minimum atomic E-state index is -0.351. The highest BCUT2D eigenvalue weighted by molar-refractivity contribution is 6.36. The third-order valence-corrected chi connectivity index (χ3v) is 2.47. The molecule has 4 nitrogen and oxygen atoms in total. The molecule has 74 valence electrons. The summed E-state index contributed by atoms with van der Waals surface area (Å²) in [6.45, 7) is 2.85. The lowest BCUT2D eigenvalue weighted by Gasteiger charge is -2.22. The maximum atomic E-state index is 11.5. The monoisotopic (exact) mass is 184 g/mol. The van der Waals surface area contributed by atoms with Crippen molar-refractivity contribution in [3.63, 3.8) is 0 Å². The molecule has 13 heavy (non-hydrogen) atoms. The van der Waals surface area contributed by atoms with Gasteiger partial charge in [-0.25, -0.2) is 0 Å². The van der Waals surface area contributed by atoms with Gasteiger partial charge in [0.2, 0.25) is 5.78 Å². The van der Waals surface area contributed by atoms with Crippen molar-refractivity contribution in [2.75, 3.05) is 13.1 Å². The number of Topliss-reactive ketones (excluding diaryl/α,β-unsaturated/α-hetero) is 1. The second-order valence-electron chi connectivity index (χ2n) is 3.31. The second-order valence-corrected chi connectivity index (χ2v) is 3.31. The minimum Gasteiger partial charge on any atom is -0.332 e. The lowest BCUT2D eigenvalue weighted by molar-refractivity contribution is -0.145. The molecule has 0 radical (unpaired) electrons. The molecular weight excluding hydrogens is 168 g/mol. The molecule has 0 aromatic heterocycles. The molecule has 1 saturated heterocycles. The van der Waals surface area contributed by atoms with Gasteiger partial charge >= 0.3 is 0 Å². The van der Waals surface area contributed by atoms with Gasteiger partial charge in [-0.1, -0.05) is 6.92 Å². The summed E-state index contributed by atoms with van der Waals surface area (Å²) < 4.78 is 0. The van der Waals surface area contributed by atoms with E-state index in [2.05, 4.69) is 0 Å². The lowest BCUT2D eigenvalue weighted by atomic mass is 10.2. The van der Waals surface area contributed by atoms with Gasteiger partial charge in [-0.3, -0.25) is 9.59 Å². The van der Waals surface area contributed by atoms with E-state index in [0.717, 1.165) is 12.8 Å². The summed E-state index contributed by atoms with van der Waals surface area (Å²) in [7, 11) is 0. The van der Waals surface area contributed by atoms with Crippen molar-refractivity contribution < 1.29 is 9.59 Å². The van der Waals surface area contributed by atoms with Crippen LogP contribution in [0.3, 0.4) is 0 Å². The van der Waals surface area contributed by atoms with Gasteiger partial charge in [-0.05, 0) is 12.8 Å². The van der Waals surface area contributed by atoms with Crippen LogP contribution in [0.15, 0.2) is 0 Å². The third kappa shape index (κ3) is 2.06. The number of likely N-dealkylation sites (tertiary alicyclic amines) is 1. The van der Waals surface area contributed by atoms with Crippen LogP contribution in [0.2, 0.25) is 0 Å². The molecule has 1 fully saturated rings. The predicted octanol–water partition coefficient (Wildman–Crippen LogP) is -0.0848. The molecule has 1 rings (SSSR count). The number of carbonyl (C=O) groups excluding carboxylic acids is 2. The van der Waals surface area contributed by atoms with E-state index in [1.165, 1.54) is 0 Å². The molecule has 1 aliphatic heterocycles. The zero-order chi connectivity index (χ0) is 9.84. The standard InChI is InChI=1S/C9H16N2O2/c1-2-8(12)9(13)11-5-3-4-7(11)6-10/h7H,2-6,10H2,1H3. The third-order valence-electron chi connectivity index (χ3n) is 2.47. The summed E-state index contributed by atoms with van der Waals surface area (Å²) in [6.07, 6.45) is 2.18. The van der Waals surface area contributed by atoms with Crippen LogP contribution >= 0.6 is 0 Å². The number of ketones is 1. The smallest absolute Gasteiger partial charge is 0.290 e. The zero-order valence-corrected chi connectivity index (χ0v) is 7.95. The molecule has 0 saturated carbocycles. The van der Waals surface area contributed by atoms with E-state index in [-0.39, 0.29) is 24.2 Å². The van der Waals surface area contributed by atoms with Gasteiger partial charge in [0.15, 0.2) is 0 Å². The molecule has 0 aromatic rings. The first-order valence-electron chi connectivity index (χ1n) is 4.74. The first-order chi connectivity index (χ1) is 6.20. The first-order valence-corrected chi connectivity index (χ1v) is 4.74. The molecule has 1 amide bonds. The quantitative estimate of drug-likeness (QED) is 0.624. The molecule has 0 aliphatic carbocycles. The fraction of sp³-hybridized carbons (Fsp3) is 0.778. The van der Waals surface area contributed by atoms with Crippen LogP contribution in [0.5, 0.6) is 0 Å². The molecule has 0 bridgehead atoms. The van der Waals surface area contributed by atoms with Crippen LogP contribution in [-0.4, -0.2) is 35.7 Å². The molecule has 2 N–H and O–H groups in total. The minimum absolute atomic E-state index is 0.0861. The molecule has 1 aliphatic rings. The van der Waals surface area contributed by atoms with Gasteiger partial charge in [-0.15, -0.1) is 0 Å². The Hall–Kier alpha value is -0.900. The van der Waals surface area contributed by atoms with Crippen molar-refractivity contribution in [3.8, 4) is 0 Å². The summed E-state index contributed by atoms with van der Waals surface area (Å²) in [4.78, 5) is 24.2. The topological polar surface area (TPSA) is 63.4 Å². The largest absolute Gasteiger partial charge is 0.332 e. The van der Waals surface area contributed by atoms with E-state index in [0.29, 0.717) is 13.1 Å². The van der Waals surface area contributed by atoms with Crippen molar-refractivity contribution in [2.24, 2.45) is 5.73 Å². The summed E-state index contributed by atoms with van der Waals surface area (Å²) in [5.74, 6) is -0.657. The van der Waals surface area contributed by atoms with Gasteiger partial charge in [0.25, 0.3) is 5.91 Å². The van der Waals surface area contributed by atoms with E-state index < -0.39 is 0 Å². The number of hydrogen-bond donors (Lipinski definition) is 1. The van der Waals surface area contributed by atoms with E-state index in [1.54, 1.807) is 11.8 Å². The number of nitrogens with two attached hydrogens (primary N) is 1. The molecule has 0 aromatic carbocycles. The SMILES string of the molecule is CCC(=O)C(=O)N1CCCC1CN. The van der Waals surface area contributed by atoms with Crippen molar-refractivity contribution in [1.82, 2.24) is 4.90 Å². The van der Waals surface area contributed by atoms with Gasteiger partial charge < -0.3 is 10.6 Å². The van der Waals surface area contributed by atoms with E-state index in [9.17, 15) is 9.59 Å². The lowest BCUT2D eigenvalue weighted by Crippen LogP contribution is -2.43. The Bertz CT molecular complexity index is 216. The van der Waals surface area contributed by atoms with Crippen molar-refractivity contribution in [3.05, 3.63) is 0 Å². The molecule has 0 spiro atoms. The van der Waals surface area contributed by atoms with Crippen LogP contribution in [0, 0.1) is 0 Å². The van der Waals surface area contributed by atoms with Gasteiger partial charge in [-0.2, -0.15) is 0 Å². The van der Waals surface area contributed by atoms with Crippen LogP contribution in [0.4, 0.5) is 0 Å². The Morgan fingerprint density at radius 2 is 2.23 bits per heavy atom. The second kappa shape index (κ2) is 4.37. The Labute approximate surface area is 78.1 Å². The summed E-state index contributed by atoms with van der Waals surface area (Å²) in [6, 6.07) is 0.0861. The van der Waals surface area contributed by atoms with Crippen LogP contribution < -0.4 is 5.73 Å². The Balaban J connectivity index is 2.60. The van der Waals surface area contributed by atoms with Crippen LogP contribution in [0.1, 0.15) is 26.2 Å². The van der Waals surface area contributed by atoms with Gasteiger partial charge in [0.1, 0.15) is 0 Å². The zero-order valence-electron chi connectivity index (χ0n) is 7.95. The fourth-order valence-corrected chi connectivity index (χ4v) is 1.66. The summed E-state index contributed by atoms with van der Waals surface area (Å²) in [5.41, 5.74) is 5.50. The fourth-order valence-electron chi connectivity index (χ4n) is 1.66. The number of carbonyl (C=O) groups is 2. The highest BCUT2D eigenvalue weighted by Crippen LogP contribution is 2.16. The average molecular weight is 184 g/mol. The predicted molar refractivity (Wildman–Crippen MR) is 49.1 cm³/mol. The summed E-state index contributed by atoms with van der Waals surface area (Å²) in [5, 5.41) is 0.